The molecule has 2 saturated heterocycles. The Hall–Kier alpha value is -4.43. The van der Waals surface area contributed by atoms with Crippen LogP contribution in [-0.2, 0) is 4.74 Å². The number of carbonyl (C=O) groups excluding carboxylic acids is 1. The van der Waals surface area contributed by atoms with Gasteiger partial charge < -0.3 is 40.7 Å². The van der Waals surface area contributed by atoms with E-state index in [1.807, 2.05) is 0 Å². The largest absolute Gasteiger partial charge is 0.508 e. The van der Waals surface area contributed by atoms with E-state index in [0.29, 0.717) is 39.9 Å². The maximum Gasteiger partial charge on any atom is 0.322 e. The van der Waals surface area contributed by atoms with Gasteiger partial charge in [-0.25, -0.2) is 13.6 Å². The highest BCUT2D eigenvalue weighted by molar-refractivity contribution is 5.96. The number of aromatic hydroxyl groups is 1. The van der Waals surface area contributed by atoms with Crippen LogP contribution in [0.5, 0.6) is 5.75 Å². The Bertz CT molecular complexity index is 1720. The van der Waals surface area contributed by atoms with Gasteiger partial charge in [-0.15, -0.1) is 0 Å². The molecule has 252 valence electrons. The third kappa shape index (κ3) is 6.63. The molecule has 0 aliphatic carbocycles. The SMILES string of the molecule is O=C1N[C@H](CCC(O)c2ccc(F)cc2)[C@@H](c2ccc(-c3ccc(C4O[C@H](CO)[C@@H](O)[C@H](O)[C@H]4O)cc3)cc2O)N1c1ccc(F)cc1. The van der Waals surface area contributed by atoms with E-state index in [4.69, 9.17) is 4.74 Å². The van der Waals surface area contributed by atoms with E-state index in [9.17, 15) is 44.2 Å². The van der Waals surface area contributed by atoms with Crippen LogP contribution in [0.1, 0.15) is 47.8 Å². The van der Waals surface area contributed by atoms with E-state index in [0.717, 1.165) is 0 Å². The van der Waals surface area contributed by atoms with Crippen molar-refractivity contribution in [1.82, 2.24) is 5.32 Å². The molecule has 8 atom stereocenters. The molecule has 0 radical (unpaired) electrons. The summed E-state index contributed by atoms with van der Waals surface area (Å²) in [4.78, 5) is 14.8. The molecule has 0 saturated carbocycles. The molecule has 0 spiro atoms. The van der Waals surface area contributed by atoms with Crippen molar-refractivity contribution in [3.63, 3.8) is 0 Å². The molecular formula is C36H36F2N2O8. The number of nitrogens with zero attached hydrogens (tertiary/aromatic N) is 1. The summed E-state index contributed by atoms with van der Waals surface area (Å²) in [6.07, 6.45) is -6.83. The third-order valence-electron chi connectivity index (χ3n) is 9.11. The standard InChI is InChI=1S/C36H36F2N2O8/c37-23-8-5-20(6-9-23)28(42)16-15-27-31(40(36(47)39-27)25-12-10-24(38)11-13-25)26-14-7-22(17-29(26)43)19-1-3-21(4-2-19)35-34(46)33(45)32(44)30(18-41)48-35/h1-14,17,27-28,30-35,41-46H,15-16,18H2,(H,39,47)/t27-,28?,30-,31-,32-,33+,34-,35?/m1/s1. The highest BCUT2D eigenvalue weighted by Crippen LogP contribution is 2.42. The Balaban J connectivity index is 1.26. The second kappa shape index (κ2) is 14.0. The topological polar surface area (TPSA) is 163 Å². The van der Waals surface area contributed by atoms with Crippen molar-refractivity contribution in [3.05, 3.63) is 119 Å². The lowest BCUT2D eigenvalue weighted by Crippen LogP contribution is -2.55. The van der Waals surface area contributed by atoms with E-state index in [2.05, 4.69) is 5.32 Å². The Morgan fingerprint density at radius 3 is 2.06 bits per heavy atom. The van der Waals surface area contributed by atoms with E-state index >= 15 is 0 Å². The average molecular weight is 663 g/mol. The molecule has 6 rings (SSSR count). The Morgan fingerprint density at radius 1 is 0.812 bits per heavy atom. The Morgan fingerprint density at radius 2 is 1.44 bits per heavy atom. The number of hydrogen-bond donors (Lipinski definition) is 7. The van der Waals surface area contributed by atoms with Gasteiger partial charge in [-0.05, 0) is 77.6 Å². The number of hydrogen-bond acceptors (Lipinski definition) is 8. The van der Waals surface area contributed by atoms with Crippen molar-refractivity contribution in [3.8, 4) is 16.9 Å². The lowest BCUT2D eigenvalue weighted by molar-refractivity contribution is -0.231. The Kier molecular flexibility index (Phi) is 9.74. The molecule has 2 unspecified atom stereocenters. The fourth-order valence-electron chi connectivity index (χ4n) is 6.48. The lowest BCUT2D eigenvalue weighted by atomic mass is 9.90. The minimum Gasteiger partial charge on any atom is -0.508 e. The van der Waals surface area contributed by atoms with E-state index in [-0.39, 0.29) is 12.2 Å². The minimum absolute atomic E-state index is 0.108. The predicted octanol–water partition coefficient (Wildman–Crippen LogP) is 4.01. The second-order valence-electron chi connectivity index (χ2n) is 12.1. The number of anilines is 1. The fourth-order valence-corrected chi connectivity index (χ4v) is 6.48. The number of rotatable bonds is 9. The summed E-state index contributed by atoms with van der Waals surface area (Å²) in [5.74, 6) is -1.01. The molecule has 0 bridgehead atoms. The van der Waals surface area contributed by atoms with Gasteiger partial charge in [0, 0.05) is 11.3 Å². The number of aliphatic hydroxyl groups excluding tert-OH is 5. The van der Waals surface area contributed by atoms with E-state index in [1.54, 1.807) is 42.5 Å². The molecular weight excluding hydrogens is 626 g/mol. The summed E-state index contributed by atoms with van der Waals surface area (Å²) < 4.78 is 32.8. The van der Waals surface area contributed by atoms with Gasteiger partial charge in [0.25, 0.3) is 0 Å². The first-order chi connectivity index (χ1) is 23.0. The number of aliphatic hydroxyl groups is 5. The molecule has 7 N–H and O–H groups in total. The van der Waals surface area contributed by atoms with Gasteiger partial charge in [0.05, 0.1) is 24.8 Å². The second-order valence-corrected chi connectivity index (χ2v) is 12.1. The van der Waals surface area contributed by atoms with Crippen molar-refractivity contribution >= 4 is 11.7 Å². The van der Waals surface area contributed by atoms with Crippen LogP contribution in [0.2, 0.25) is 0 Å². The van der Waals surface area contributed by atoms with Crippen molar-refractivity contribution in [1.29, 1.82) is 0 Å². The molecule has 10 nitrogen and oxygen atoms in total. The van der Waals surface area contributed by atoms with Gasteiger partial charge in [0.15, 0.2) is 0 Å². The first kappa shape index (κ1) is 33.5. The summed E-state index contributed by atoms with van der Waals surface area (Å²) in [6.45, 7) is -0.540. The maximum atomic E-state index is 13.8. The molecule has 0 aromatic heterocycles. The number of nitrogens with one attached hydrogen (secondary N) is 1. The first-order valence-electron chi connectivity index (χ1n) is 15.6. The summed E-state index contributed by atoms with van der Waals surface area (Å²) in [6, 6.07) is 21.0. The number of phenolic OH excluding ortho intramolecular Hbond substituents is 1. The highest BCUT2D eigenvalue weighted by Gasteiger charge is 2.44. The van der Waals surface area contributed by atoms with Crippen LogP contribution >= 0.6 is 0 Å². The van der Waals surface area contributed by atoms with E-state index in [1.165, 1.54) is 53.4 Å². The zero-order valence-electron chi connectivity index (χ0n) is 25.6. The molecule has 2 heterocycles. The number of carbonyl (C=O) groups is 1. The molecule has 4 aromatic rings. The van der Waals surface area contributed by atoms with Crippen molar-refractivity contribution in [2.24, 2.45) is 0 Å². The van der Waals surface area contributed by atoms with E-state index < -0.39 is 73.0 Å². The molecule has 2 amide bonds. The van der Waals surface area contributed by atoms with Gasteiger partial charge in [0.1, 0.15) is 47.9 Å². The number of benzene rings is 4. The van der Waals surface area contributed by atoms with Crippen molar-refractivity contribution in [2.45, 2.75) is 61.5 Å². The maximum absolute atomic E-state index is 13.8. The molecule has 48 heavy (non-hydrogen) atoms. The van der Waals surface area contributed by atoms with Crippen LogP contribution in [0.25, 0.3) is 11.1 Å². The quantitative estimate of drug-likeness (QED) is 0.142. The van der Waals surface area contributed by atoms with Crippen LogP contribution in [0, 0.1) is 11.6 Å². The van der Waals surface area contributed by atoms with Crippen LogP contribution in [0.3, 0.4) is 0 Å². The lowest BCUT2D eigenvalue weighted by Gasteiger charge is -2.40. The number of ether oxygens (including phenoxy) is 1. The van der Waals surface area contributed by atoms with Gasteiger partial charge >= 0.3 is 6.03 Å². The zero-order valence-corrected chi connectivity index (χ0v) is 25.6. The predicted molar refractivity (Wildman–Crippen MR) is 171 cm³/mol. The molecule has 2 aliphatic heterocycles. The van der Waals surface area contributed by atoms with Gasteiger partial charge in [-0.1, -0.05) is 48.5 Å². The van der Waals surface area contributed by atoms with Crippen LogP contribution < -0.4 is 10.2 Å². The zero-order chi connectivity index (χ0) is 34.1. The third-order valence-corrected chi connectivity index (χ3v) is 9.11. The first-order valence-corrected chi connectivity index (χ1v) is 15.6. The number of phenols is 1. The summed E-state index contributed by atoms with van der Waals surface area (Å²) in [5.41, 5.74) is 3.18. The van der Waals surface area contributed by atoms with Crippen LogP contribution in [0.15, 0.2) is 91.0 Å². The fraction of sp³-hybridized carbons (Fsp3) is 0.306. The van der Waals surface area contributed by atoms with Gasteiger partial charge in [-0.2, -0.15) is 0 Å². The smallest absolute Gasteiger partial charge is 0.322 e. The Labute approximate surface area is 275 Å². The van der Waals surface area contributed by atoms with Crippen LogP contribution in [0.4, 0.5) is 19.3 Å². The molecule has 12 heteroatoms. The van der Waals surface area contributed by atoms with Crippen LogP contribution in [-0.4, -0.2) is 73.7 Å². The summed E-state index contributed by atoms with van der Waals surface area (Å²) >= 11 is 0. The van der Waals surface area contributed by atoms with Crippen molar-refractivity contribution < 1.29 is 49.0 Å². The number of halogens is 2. The summed E-state index contributed by atoms with van der Waals surface area (Å²) in [5, 5.41) is 65.4. The number of urea groups is 1. The summed E-state index contributed by atoms with van der Waals surface area (Å²) in [7, 11) is 0. The van der Waals surface area contributed by atoms with Crippen molar-refractivity contribution in [2.75, 3.05) is 11.5 Å². The molecule has 2 fully saturated rings. The average Bonchev–Trinajstić information content (AvgIpc) is 3.42. The minimum atomic E-state index is -1.51. The normalized spacial score (nSPS) is 26.4. The monoisotopic (exact) mass is 662 g/mol. The highest BCUT2D eigenvalue weighted by atomic mass is 19.1. The molecule has 4 aromatic carbocycles. The number of amides is 2. The van der Waals surface area contributed by atoms with Gasteiger partial charge in [0.2, 0.25) is 0 Å². The van der Waals surface area contributed by atoms with Gasteiger partial charge in [-0.3, -0.25) is 4.90 Å². The molecule has 2 aliphatic rings.